The minimum absolute atomic E-state index is 0.122. The number of rotatable bonds is 9. The Morgan fingerprint density at radius 1 is 0.867 bits per heavy atom. The molecule has 0 spiro atoms. The average Bonchev–Trinajstić information content (AvgIpc) is 3.67. The summed E-state index contributed by atoms with van der Waals surface area (Å²) in [5.74, 6) is -0.884. The molecule has 1 aliphatic rings. The van der Waals surface area contributed by atoms with Gasteiger partial charge in [0.2, 0.25) is 0 Å². The highest BCUT2D eigenvalue weighted by molar-refractivity contribution is 7.98. The van der Waals surface area contributed by atoms with Crippen LogP contribution in [0.4, 0.5) is 17.6 Å². The summed E-state index contributed by atoms with van der Waals surface area (Å²) in [6.45, 7) is 0.290. The number of carbonyl (C=O) groups is 1. The third-order valence-electron chi connectivity index (χ3n) is 7.77. The number of carboxylic acids is 1. The minimum Gasteiger partial charge on any atom is -0.543 e. The van der Waals surface area contributed by atoms with Crippen LogP contribution in [0.5, 0.6) is 0 Å². The molecular formula is C33H25F4N4O3S-. The molecular weight excluding hydrogens is 608 g/mol. The Labute approximate surface area is 259 Å². The van der Waals surface area contributed by atoms with Crippen LogP contribution in [-0.4, -0.2) is 25.1 Å². The molecule has 0 amide bonds. The van der Waals surface area contributed by atoms with Crippen LogP contribution in [0, 0.1) is 5.82 Å². The maximum Gasteiger partial charge on any atom is 0.416 e. The lowest BCUT2D eigenvalue weighted by Gasteiger charge is -2.19. The van der Waals surface area contributed by atoms with Crippen LogP contribution < -0.4 is 10.7 Å². The van der Waals surface area contributed by atoms with Gasteiger partial charge >= 0.3 is 6.18 Å². The number of carboxylic acid groups (broad SMARTS) is 1. The summed E-state index contributed by atoms with van der Waals surface area (Å²) < 4.78 is 55.7. The van der Waals surface area contributed by atoms with E-state index in [4.69, 9.17) is 0 Å². The van der Waals surface area contributed by atoms with Gasteiger partial charge in [-0.3, -0.25) is 4.79 Å². The number of alkyl halides is 3. The quantitative estimate of drug-likeness (QED) is 0.121. The monoisotopic (exact) mass is 633 g/mol. The zero-order valence-corrected chi connectivity index (χ0v) is 24.5. The molecule has 3 aromatic carbocycles. The standard InChI is InChI=1S/C33H26F4N4O3S/c34-25-14-6-21(7-15-25)19-45-32-39-30(42)26-2-1-3-27(26)41(32)18-29-38-16-28(31(43)44)40(29)17-20-4-8-22(9-5-20)23-10-12-24(13-11-23)33(35,36)37/h4-16H,1-3,17-19H2,(H,43,44)/p-1. The SMILES string of the molecule is O=C([O-])c1cnc(Cn2c(SCc3ccc(F)cc3)nc(=O)c3c2CCC3)n1Cc1ccc(-c2ccc(C(F)(F)F)cc2)cc1. The molecule has 7 nitrogen and oxygen atoms in total. The number of hydrogen-bond acceptors (Lipinski definition) is 6. The van der Waals surface area contributed by atoms with Crippen molar-refractivity contribution in [3.63, 3.8) is 0 Å². The van der Waals surface area contributed by atoms with E-state index in [0.29, 0.717) is 46.3 Å². The fraction of sp³-hybridized carbons (Fsp3) is 0.212. The lowest BCUT2D eigenvalue weighted by atomic mass is 10.0. The molecule has 1 aliphatic carbocycles. The van der Waals surface area contributed by atoms with E-state index in [-0.39, 0.29) is 30.2 Å². The highest BCUT2D eigenvalue weighted by Gasteiger charge is 2.30. The van der Waals surface area contributed by atoms with Crippen molar-refractivity contribution in [2.45, 2.75) is 49.4 Å². The molecule has 0 radical (unpaired) electrons. The van der Waals surface area contributed by atoms with Gasteiger partial charge in [-0.25, -0.2) is 9.37 Å². The average molecular weight is 634 g/mol. The van der Waals surface area contributed by atoms with Crippen LogP contribution in [0.2, 0.25) is 0 Å². The number of aromatic nitrogens is 4. The van der Waals surface area contributed by atoms with Crippen molar-refractivity contribution in [2.24, 2.45) is 0 Å². The smallest absolute Gasteiger partial charge is 0.416 e. The zero-order valence-electron chi connectivity index (χ0n) is 23.7. The van der Waals surface area contributed by atoms with Gasteiger partial charge in [0.15, 0.2) is 5.16 Å². The summed E-state index contributed by atoms with van der Waals surface area (Å²) in [7, 11) is 0. The van der Waals surface area contributed by atoms with Gasteiger partial charge in [0, 0.05) is 23.6 Å². The molecule has 0 saturated carbocycles. The molecule has 0 aliphatic heterocycles. The molecule has 6 rings (SSSR count). The van der Waals surface area contributed by atoms with Gasteiger partial charge < -0.3 is 19.0 Å². The van der Waals surface area contributed by atoms with E-state index in [1.54, 1.807) is 36.4 Å². The molecule has 5 aromatic rings. The Morgan fingerprint density at radius 3 is 2.16 bits per heavy atom. The minimum atomic E-state index is -4.42. The van der Waals surface area contributed by atoms with Crippen LogP contribution in [0.15, 0.2) is 88.9 Å². The van der Waals surface area contributed by atoms with Gasteiger partial charge in [0.05, 0.1) is 30.0 Å². The number of nitrogens with zero attached hydrogens (tertiary/aromatic N) is 4. The van der Waals surface area contributed by atoms with Crippen LogP contribution in [0.1, 0.15) is 50.7 Å². The molecule has 230 valence electrons. The molecule has 0 saturated heterocycles. The summed E-state index contributed by atoms with van der Waals surface area (Å²) in [5.41, 5.74) is 3.24. The zero-order chi connectivity index (χ0) is 31.7. The van der Waals surface area contributed by atoms with E-state index in [1.165, 1.54) is 46.8 Å². The fourth-order valence-corrected chi connectivity index (χ4v) is 6.41. The predicted molar refractivity (Wildman–Crippen MR) is 158 cm³/mol. The molecule has 0 unspecified atom stereocenters. The number of imidazole rings is 1. The van der Waals surface area contributed by atoms with Crippen molar-refractivity contribution in [2.75, 3.05) is 0 Å². The van der Waals surface area contributed by atoms with E-state index in [9.17, 15) is 32.3 Å². The predicted octanol–water partition coefficient (Wildman–Crippen LogP) is 5.51. The Balaban J connectivity index is 1.29. The number of fused-ring (bicyclic) bond motifs is 1. The third-order valence-corrected chi connectivity index (χ3v) is 8.82. The summed E-state index contributed by atoms with van der Waals surface area (Å²) in [4.78, 5) is 33.7. The lowest BCUT2D eigenvalue weighted by molar-refractivity contribution is -0.255. The molecule has 0 bridgehead atoms. The molecule has 0 N–H and O–H groups in total. The second kappa shape index (κ2) is 12.4. The molecule has 0 fully saturated rings. The lowest BCUT2D eigenvalue weighted by Crippen LogP contribution is -2.27. The van der Waals surface area contributed by atoms with Gasteiger partial charge in [-0.2, -0.15) is 18.2 Å². The van der Waals surface area contributed by atoms with Crippen LogP contribution in [-0.2, 0) is 37.9 Å². The summed E-state index contributed by atoms with van der Waals surface area (Å²) in [5, 5.41) is 12.5. The summed E-state index contributed by atoms with van der Waals surface area (Å²) in [6.07, 6.45) is -1.12. The van der Waals surface area contributed by atoms with E-state index >= 15 is 0 Å². The first-order valence-electron chi connectivity index (χ1n) is 14.1. The first-order valence-corrected chi connectivity index (χ1v) is 15.1. The number of hydrogen-bond donors (Lipinski definition) is 0. The maximum atomic E-state index is 13.4. The Hall–Kier alpha value is -4.71. The summed E-state index contributed by atoms with van der Waals surface area (Å²) in [6, 6.07) is 18.0. The fourth-order valence-electron chi connectivity index (χ4n) is 5.45. The van der Waals surface area contributed by atoms with Crippen LogP contribution >= 0.6 is 11.8 Å². The van der Waals surface area contributed by atoms with E-state index in [1.807, 2.05) is 4.57 Å². The van der Waals surface area contributed by atoms with Crippen molar-refractivity contribution in [1.29, 1.82) is 0 Å². The number of thioether (sulfide) groups is 1. The van der Waals surface area contributed by atoms with Gasteiger partial charge in [-0.15, -0.1) is 0 Å². The highest BCUT2D eigenvalue weighted by Crippen LogP contribution is 2.31. The highest BCUT2D eigenvalue weighted by atomic mass is 32.2. The number of aromatic carboxylic acids is 1. The number of carbonyl (C=O) groups excluding carboxylic acids is 1. The largest absolute Gasteiger partial charge is 0.543 e. The second-order valence-corrected chi connectivity index (χ2v) is 11.6. The topological polar surface area (TPSA) is 92.8 Å². The van der Waals surface area contributed by atoms with Crippen molar-refractivity contribution in [1.82, 2.24) is 19.1 Å². The third kappa shape index (κ3) is 6.56. The first kappa shape index (κ1) is 30.3. The molecule has 2 heterocycles. The van der Waals surface area contributed by atoms with Crippen LogP contribution in [0.25, 0.3) is 11.1 Å². The molecule has 2 aromatic heterocycles. The first-order chi connectivity index (χ1) is 21.6. The maximum absolute atomic E-state index is 13.4. The van der Waals surface area contributed by atoms with Crippen molar-refractivity contribution < 1.29 is 27.5 Å². The van der Waals surface area contributed by atoms with Crippen LogP contribution in [0.3, 0.4) is 0 Å². The van der Waals surface area contributed by atoms with Crippen molar-refractivity contribution in [3.8, 4) is 11.1 Å². The number of benzene rings is 3. The normalized spacial score (nSPS) is 12.8. The molecule has 12 heteroatoms. The molecule has 0 atom stereocenters. The molecule has 45 heavy (non-hydrogen) atoms. The number of halogens is 4. The Kier molecular flexibility index (Phi) is 8.32. The van der Waals surface area contributed by atoms with Gasteiger partial charge in [0.1, 0.15) is 11.6 Å². The van der Waals surface area contributed by atoms with Gasteiger partial charge in [-0.05, 0) is 65.8 Å². The van der Waals surface area contributed by atoms with Gasteiger partial charge in [-0.1, -0.05) is 60.3 Å². The Bertz CT molecular complexity index is 1920. The van der Waals surface area contributed by atoms with Crippen molar-refractivity contribution in [3.05, 3.63) is 135 Å². The van der Waals surface area contributed by atoms with E-state index < -0.39 is 17.7 Å². The Morgan fingerprint density at radius 2 is 1.51 bits per heavy atom. The van der Waals surface area contributed by atoms with Gasteiger partial charge in [0.25, 0.3) is 5.56 Å². The second-order valence-electron chi connectivity index (χ2n) is 10.7. The van der Waals surface area contributed by atoms with E-state index in [0.717, 1.165) is 35.4 Å². The summed E-state index contributed by atoms with van der Waals surface area (Å²) >= 11 is 1.33. The van der Waals surface area contributed by atoms with E-state index in [2.05, 4.69) is 9.97 Å². The van der Waals surface area contributed by atoms with Crippen molar-refractivity contribution >= 4 is 17.7 Å².